The second kappa shape index (κ2) is 6.54. The highest BCUT2D eigenvalue weighted by molar-refractivity contribution is 6.31. The summed E-state index contributed by atoms with van der Waals surface area (Å²) in [6, 6.07) is 7.96. The summed E-state index contributed by atoms with van der Waals surface area (Å²) >= 11 is 6.10. The molecule has 0 aliphatic heterocycles. The van der Waals surface area contributed by atoms with Crippen molar-refractivity contribution in [2.24, 2.45) is 0 Å². The summed E-state index contributed by atoms with van der Waals surface area (Å²) in [6.45, 7) is 7.73. The van der Waals surface area contributed by atoms with Gasteiger partial charge in [0.05, 0.1) is 5.69 Å². The Morgan fingerprint density at radius 1 is 1.30 bits per heavy atom. The van der Waals surface area contributed by atoms with Gasteiger partial charge < -0.3 is 5.32 Å². The van der Waals surface area contributed by atoms with Crippen LogP contribution in [0.25, 0.3) is 5.69 Å². The topological polar surface area (TPSA) is 64.0 Å². The van der Waals surface area contributed by atoms with Crippen LogP contribution >= 0.6 is 11.6 Å². The molecule has 0 saturated heterocycles. The molecule has 23 heavy (non-hydrogen) atoms. The van der Waals surface area contributed by atoms with E-state index in [0.717, 1.165) is 12.0 Å². The Morgan fingerprint density at radius 3 is 2.61 bits per heavy atom. The molecule has 1 N–H and O–H groups in total. The van der Waals surface area contributed by atoms with Crippen LogP contribution in [-0.4, -0.2) is 21.2 Å². The molecule has 0 aliphatic carbocycles. The first-order valence-corrected chi connectivity index (χ1v) is 7.81. The second-order valence-corrected chi connectivity index (χ2v) is 6.50. The van der Waals surface area contributed by atoms with Gasteiger partial charge >= 0.3 is 0 Å². The van der Waals surface area contributed by atoms with E-state index in [4.69, 9.17) is 11.6 Å². The summed E-state index contributed by atoms with van der Waals surface area (Å²) in [7, 11) is 0. The van der Waals surface area contributed by atoms with Gasteiger partial charge in [-0.25, -0.2) is 0 Å². The van der Waals surface area contributed by atoms with Gasteiger partial charge in [0.2, 0.25) is 0 Å². The third-order valence-corrected chi connectivity index (χ3v) is 4.18. The molecule has 0 aliphatic rings. The molecule has 6 heteroatoms. The lowest BCUT2D eigenvalue weighted by molar-refractivity contribution is 0.0904. The summed E-state index contributed by atoms with van der Waals surface area (Å²) in [5, 5.41) is 7.60. The summed E-state index contributed by atoms with van der Waals surface area (Å²) in [5.41, 5.74) is 0.948. The van der Waals surface area contributed by atoms with Crippen LogP contribution in [0.2, 0.25) is 5.02 Å². The monoisotopic (exact) mass is 333 g/mol. The fourth-order valence-electron chi connectivity index (χ4n) is 1.89. The highest BCUT2D eigenvalue weighted by Crippen LogP contribution is 2.18. The van der Waals surface area contributed by atoms with E-state index in [-0.39, 0.29) is 22.7 Å². The van der Waals surface area contributed by atoms with Crippen LogP contribution in [0.4, 0.5) is 0 Å². The van der Waals surface area contributed by atoms with E-state index in [9.17, 15) is 9.59 Å². The maximum Gasteiger partial charge on any atom is 0.272 e. The van der Waals surface area contributed by atoms with Gasteiger partial charge in [-0.2, -0.15) is 9.78 Å². The summed E-state index contributed by atoms with van der Waals surface area (Å²) in [6.07, 6.45) is 0.784. The Hall–Kier alpha value is -2.14. The molecule has 0 fully saturated rings. The normalized spacial score (nSPS) is 11.3. The van der Waals surface area contributed by atoms with E-state index in [0.29, 0.717) is 10.7 Å². The lowest BCUT2D eigenvalue weighted by Crippen LogP contribution is -2.43. The maximum absolute atomic E-state index is 12.3. The van der Waals surface area contributed by atoms with E-state index in [1.54, 1.807) is 18.2 Å². The van der Waals surface area contributed by atoms with Crippen molar-refractivity contribution >= 4 is 17.5 Å². The zero-order valence-corrected chi connectivity index (χ0v) is 14.4. The number of hydrogen-bond donors (Lipinski definition) is 1. The predicted molar refractivity (Wildman–Crippen MR) is 91.4 cm³/mol. The van der Waals surface area contributed by atoms with Gasteiger partial charge in [0.1, 0.15) is 5.69 Å². The molecule has 0 atom stereocenters. The number of benzene rings is 1. The van der Waals surface area contributed by atoms with Crippen molar-refractivity contribution in [3.63, 3.8) is 0 Å². The SMILES string of the molecule is CCC(C)(C)NC(=O)c1ccc(=O)n(-c2ccc(C)c(Cl)c2)n1. The minimum absolute atomic E-state index is 0.183. The molecule has 2 aromatic rings. The zero-order chi connectivity index (χ0) is 17.2. The average Bonchev–Trinajstić information content (AvgIpc) is 2.50. The molecular formula is C17H20ClN3O2. The Morgan fingerprint density at radius 2 is 2.00 bits per heavy atom. The quantitative estimate of drug-likeness (QED) is 0.935. The first kappa shape index (κ1) is 17.2. The van der Waals surface area contributed by atoms with Crippen molar-refractivity contribution in [3.05, 3.63) is 57.0 Å². The Bertz CT molecular complexity index is 797. The Kier molecular flexibility index (Phi) is 4.90. The van der Waals surface area contributed by atoms with Gasteiger partial charge in [-0.3, -0.25) is 9.59 Å². The average molecular weight is 334 g/mol. The number of hydrogen-bond acceptors (Lipinski definition) is 3. The van der Waals surface area contributed by atoms with Crippen molar-refractivity contribution in [2.75, 3.05) is 0 Å². The number of carbonyl (C=O) groups is 1. The number of aromatic nitrogens is 2. The van der Waals surface area contributed by atoms with Gasteiger partial charge in [-0.1, -0.05) is 24.6 Å². The van der Waals surface area contributed by atoms with Crippen LogP contribution < -0.4 is 10.9 Å². The molecule has 0 bridgehead atoms. The largest absolute Gasteiger partial charge is 0.346 e. The lowest BCUT2D eigenvalue weighted by atomic mass is 10.0. The smallest absolute Gasteiger partial charge is 0.272 e. The number of nitrogens with one attached hydrogen (secondary N) is 1. The molecule has 1 aromatic carbocycles. The molecule has 1 heterocycles. The van der Waals surface area contributed by atoms with Gasteiger partial charge in [0.15, 0.2) is 0 Å². The van der Waals surface area contributed by atoms with Gasteiger partial charge in [-0.15, -0.1) is 0 Å². The summed E-state index contributed by atoms with van der Waals surface area (Å²) in [4.78, 5) is 24.4. The van der Waals surface area contributed by atoms with Crippen molar-refractivity contribution in [3.8, 4) is 5.69 Å². The molecule has 0 saturated carbocycles. The number of aryl methyl sites for hydroxylation is 1. The van der Waals surface area contributed by atoms with E-state index in [1.165, 1.54) is 16.8 Å². The number of halogens is 1. The molecule has 0 radical (unpaired) electrons. The number of rotatable bonds is 4. The van der Waals surface area contributed by atoms with Crippen LogP contribution in [0.5, 0.6) is 0 Å². The highest BCUT2D eigenvalue weighted by Gasteiger charge is 2.20. The number of carbonyl (C=O) groups excluding carboxylic acids is 1. The van der Waals surface area contributed by atoms with Gasteiger partial charge in [0.25, 0.3) is 11.5 Å². The maximum atomic E-state index is 12.3. The zero-order valence-electron chi connectivity index (χ0n) is 13.7. The van der Waals surface area contributed by atoms with Crippen molar-refractivity contribution < 1.29 is 4.79 Å². The van der Waals surface area contributed by atoms with Crippen molar-refractivity contribution in [2.45, 2.75) is 39.7 Å². The van der Waals surface area contributed by atoms with Crippen LogP contribution in [0.1, 0.15) is 43.2 Å². The van der Waals surface area contributed by atoms with E-state index in [1.807, 2.05) is 27.7 Å². The van der Waals surface area contributed by atoms with Crippen molar-refractivity contribution in [1.29, 1.82) is 0 Å². The fourth-order valence-corrected chi connectivity index (χ4v) is 2.07. The lowest BCUT2D eigenvalue weighted by Gasteiger charge is -2.24. The molecule has 0 spiro atoms. The van der Waals surface area contributed by atoms with Crippen molar-refractivity contribution in [1.82, 2.24) is 15.1 Å². The van der Waals surface area contributed by atoms with Gasteiger partial charge in [0, 0.05) is 16.6 Å². The minimum atomic E-state index is -0.340. The predicted octanol–water partition coefficient (Wildman–Crippen LogP) is 3.11. The molecule has 1 amide bonds. The standard InChI is InChI=1S/C17H20ClN3O2/c1-5-17(3,4)19-16(23)14-8-9-15(22)21(20-14)12-7-6-11(2)13(18)10-12/h6-10H,5H2,1-4H3,(H,19,23). The molecule has 5 nitrogen and oxygen atoms in total. The Balaban J connectivity index is 2.41. The van der Waals surface area contributed by atoms with Crippen LogP contribution in [-0.2, 0) is 0 Å². The molecule has 0 unspecified atom stereocenters. The van der Waals surface area contributed by atoms with Crippen LogP contribution in [0, 0.1) is 6.92 Å². The summed E-state index contributed by atoms with van der Waals surface area (Å²) < 4.78 is 1.18. The second-order valence-electron chi connectivity index (χ2n) is 6.09. The third kappa shape index (κ3) is 3.99. The van der Waals surface area contributed by atoms with E-state index >= 15 is 0 Å². The van der Waals surface area contributed by atoms with E-state index < -0.39 is 0 Å². The third-order valence-electron chi connectivity index (χ3n) is 3.77. The van der Waals surface area contributed by atoms with Gasteiger partial charge in [-0.05, 0) is 51.0 Å². The Labute approximate surface area is 140 Å². The minimum Gasteiger partial charge on any atom is -0.346 e. The summed E-state index contributed by atoms with van der Waals surface area (Å²) in [5.74, 6) is -0.316. The first-order valence-electron chi connectivity index (χ1n) is 7.43. The van der Waals surface area contributed by atoms with Crippen LogP contribution in [0.15, 0.2) is 35.1 Å². The number of nitrogens with zero attached hydrogens (tertiary/aromatic N) is 2. The highest BCUT2D eigenvalue weighted by atomic mass is 35.5. The molecule has 1 aromatic heterocycles. The molecule has 2 rings (SSSR count). The number of amides is 1. The first-order chi connectivity index (χ1) is 10.7. The molecular weight excluding hydrogens is 314 g/mol. The van der Waals surface area contributed by atoms with Crippen LogP contribution in [0.3, 0.4) is 0 Å². The molecule has 122 valence electrons. The van der Waals surface area contributed by atoms with E-state index in [2.05, 4.69) is 10.4 Å². The fraction of sp³-hybridized carbons (Fsp3) is 0.353.